The minimum Gasteiger partial charge on any atom is -0.384 e. The third-order valence-electron chi connectivity index (χ3n) is 2.67. The van der Waals surface area contributed by atoms with Crippen LogP contribution in [0.1, 0.15) is 27.2 Å². The Kier molecular flexibility index (Phi) is 2.40. The molecule has 0 aromatic heterocycles. The van der Waals surface area contributed by atoms with Crippen LogP contribution in [0.4, 0.5) is 0 Å². The van der Waals surface area contributed by atoms with Gasteiger partial charge in [0, 0.05) is 6.00 Å². The van der Waals surface area contributed by atoms with Gasteiger partial charge < -0.3 is 4.74 Å². The van der Waals surface area contributed by atoms with Crippen molar-refractivity contribution in [1.82, 2.24) is 0 Å². The molecule has 2 radical (unpaired) electrons. The van der Waals surface area contributed by atoms with Gasteiger partial charge in [-0.05, 0) is 18.3 Å². The summed E-state index contributed by atoms with van der Waals surface area (Å²) in [6.07, 6.45) is 1.48. The lowest BCUT2D eigenvalue weighted by Crippen LogP contribution is -2.15. The predicted molar refractivity (Wildman–Crippen MR) is 43.0 cm³/mol. The van der Waals surface area contributed by atoms with E-state index in [2.05, 4.69) is 20.8 Å². The summed E-state index contributed by atoms with van der Waals surface area (Å²) < 4.78 is 5.51. The van der Waals surface area contributed by atoms with E-state index in [0.717, 1.165) is 6.42 Å². The molecule has 1 heterocycles. The van der Waals surface area contributed by atoms with E-state index in [1.807, 2.05) is 0 Å². The molecule has 0 aliphatic carbocycles. The highest BCUT2D eigenvalue weighted by Gasteiger charge is 2.34. The SMILES string of the molecule is [B][C@@H]1O[C@H](CC)C(C)[C@@H]1C. The maximum atomic E-state index is 5.71. The fourth-order valence-corrected chi connectivity index (χ4v) is 1.56. The summed E-state index contributed by atoms with van der Waals surface area (Å²) >= 11 is 0. The molecule has 0 bridgehead atoms. The van der Waals surface area contributed by atoms with Gasteiger partial charge in [-0.3, -0.25) is 0 Å². The molecule has 0 aromatic rings. The van der Waals surface area contributed by atoms with Crippen LogP contribution in [0.3, 0.4) is 0 Å². The van der Waals surface area contributed by atoms with Crippen LogP contribution in [-0.4, -0.2) is 20.0 Å². The number of rotatable bonds is 1. The van der Waals surface area contributed by atoms with E-state index in [9.17, 15) is 0 Å². The van der Waals surface area contributed by atoms with Gasteiger partial charge in [0.1, 0.15) is 7.85 Å². The Bertz CT molecular complexity index is 116. The first-order valence-electron chi connectivity index (χ1n) is 4.07. The van der Waals surface area contributed by atoms with Gasteiger partial charge in [-0.1, -0.05) is 20.8 Å². The zero-order valence-electron chi connectivity index (χ0n) is 7.00. The van der Waals surface area contributed by atoms with Crippen molar-refractivity contribution in [3.05, 3.63) is 0 Å². The molecule has 1 aliphatic rings. The Balaban J connectivity index is 2.53. The molecule has 1 aliphatic heterocycles. The average molecular weight is 138 g/mol. The molecule has 0 spiro atoms. The van der Waals surface area contributed by atoms with Crippen LogP contribution in [-0.2, 0) is 4.74 Å². The smallest absolute Gasteiger partial charge is 0.109 e. The second kappa shape index (κ2) is 2.95. The van der Waals surface area contributed by atoms with Crippen molar-refractivity contribution in [2.24, 2.45) is 11.8 Å². The molecule has 1 unspecified atom stereocenters. The first kappa shape index (κ1) is 8.12. The zero-order valence-corrected chi connectivity index (χ0v) is 7.00. The van der Waals surface area contributed by atoms with E-state index in [4.69, 9.17) is 12.6 Å². The molecule has 56 valence electrons. The minimum atomic E-state index is -0.0278. The summed E-state index contributed by atoms with van der Waals surface area (Å²) in [4.78, 5) is 0. The van der Waals surface area contributed by atoms with Gasteiger partial charge in [0.15, 0.2) is 0 Å². The Morgan fingerprint density at radius 2 is 1.90 bits per heavy atom. The summed E-state index contributed by atoms with van der Waals surface area (Å²) in [7, 11) is 5.71. The molecule has 4 atom stereocenters. The van der Waals surface area contributed by atoms with E-state index in [1.165, 1.54) is 0 Å². The molecule has 1 fully saturated rings. The van der Waals surface area contributed by atoms with Crippen molar-refractivity contribution in [2.75, 3.05) is 0 Å². The van der Waals surface area contributed by atoms with Crippen molar-refractivity contribution in [2.45, 2.75) is 39.3 Å². The lowest BCUT2D eigenvalue weighted by molar-refractivity contribution is 0.0698. The standard InChI is InChI=1S/C8H15BO/c1-4-7-5(2)6(3)8(9)10-7/h5-8H,4H2,1-3H3/t5?,6-,7+,8+/m0/s1. The molecule has 2 heteroatoms. The minimum absolute atomic E-state index is 0.0278. The highest BCUT2D eigenvalue weighted by Crippen LogP contribution is 2.31. The molecular formula is C8H15BO. The number of hydrogen-bond donors (Lipinski definition) is 0. The third kappa shape index (κ3) is 1.22. The Morgan fingerprint density at radius 1 is 1.30 bits per heavy atom. The predicted octanol–water partition coefficient (Wildman–Crippen LogP) is 1.56. The van der Waals surface area contributed by atoms with Crippen molar-refractivity contribution >= 4 is 7.85 Å². The molecule has 1 rings (SSSR count). The van der Waals surface area contributed by atoms with E-state index in [1.54, 1.807) is 0 Å². The van der Waals surface area contributed by atoms with Gasteiger partial charge in [-0.2, -0.15) is 0 Å². The van der Waals surface area contributed by atoms with Gasteiger partial charge in [0.2, 0.25) is 0 Å². The van der Waals surface area contributed by atoms with Crippen LogP contribution >= 0.6 is 0 Å². The van der Waals surface area contributed by atoms with Crippen molar-refractivity contribution < 1.29 is 4.74 Å². The Hall–Kier alpha value is 0.0249. The topological polar surface area (TPSA) is 9.23 Å². The highest BCUT2D eigenvalue weighted by atomic mass is 16.5. The first-order valence-corrected chi connectivity index (χ1v) is 4.07. The molecule has 0 aromatic carbocycles. The summed E-state index contributed by atoms with van der Waals surface area (Å²) in [5.74, 6) is 1.14. The molecule has 0 amide bonds. The quantitative estimate of drug-likeness (QED) is 0.499. The maximum absolute atomic E-state index is 5.71. The lowest BCUT2D eigenvalue weighted by atomic mass is 9.81. The summed E-state index contributed by atoms with van der Waals surface area (Å²) in [6.45, 7) is 6.52. The fourth-order valence-electron chi connectivity index (χ4n) is 1.56. The summed E-state index contributed by atoms with van der Waals surface area (Å²) in [5, 5.41) is 0. The van der Waals surface area contributed by atoms with Crippen LogP contribution in [0.5, 0.6) is 0 Å². The molecule has 1 nitrogen and oxygen atoms in total. The average Bonchev–Trinajstić information content (AvgIpc) is 2.17. The second-order valence-corrected chi connectivity index (χ2v) is 3.27. The van der Waals surface area contributed by atoms with Crippen molar-refractivity contribution in [3.8, 4) is 0 Å². The Morgan fingerprint density at radius 3 is 2.10 bits per heavy atom. The normalized spacial score (nSPS) is 47.9. The maximum Gasteiger partial charge on any atom is 0.109 e. The van der Waals surface area contributed by atoms with E-state index in [-0.39, 0.29) is 6.00 Å². The fraction of sp³-hybridized carbons (Fsp3) is 1.00. The van der Waals surface area contributed by atoms with Gasteiger partial charge in [-0.15, -0.1) is 0 Å². The largest absolute Gasteiger partial charge is 0.384 e. The molecule has 1 saturated heterocycles. The Labute approximate surface area is 64.6 Å². The number of ether oxygens (including phenoxy) is 1. The van der Waals surface area contributed by atoms with E-state index in [0.29, 0.717) is 17.9 Å². The molecule has 0 N–H and O–H groups in total. The summed E-state index contributed by atoms with van der Waals surface area (Å²) in [5.41, 5.74) is 0. The summed E-state index contributed by atoms with van der Waals surface area (Å²) in [6, 6.07) is -0.0278. The highest BCUT2D eigenvalue weighted by molar-refractivity contribution is 6.11. The van der Waals surface area contributed by atoms with Crippen molar-refractivity contribution in [3.63, 3.8) is 0 Å². The van der Waals surface area contributed by atoms with Crippen LogP contribution in [0.15, 0.2) is 0 Å². The van der Waals surface area contributed by atoms with Gasteiger partial charge in [0.25, 0.3) is 0 Å². The molecule has 0 saturated carbocycles. The van der Waals surface area contributed by atoms with Crippen molar-refractivity contribution in [1.29, 1.82) is 0 Å². The van der Waals surface area contributed by atoms with Gasteiger partial charge >= 0.3 is 0 Å². The van der Waals surface area contributed by atoms with E-state index >= 15 is 0 Å². The second-order valence-electron chi connectivity index (χ2n) is 3.27. The lowest BCUT2D eigenvalue weighted by Gasteiger charge is -2.13. The van der Waals surface area contributed by atoms with Crippen LogP contribution in [0.2, 0.25) is 0 Å². The zero-order chi connectivity index (χ0) is 7.72. The van der Waals surface area contributed by atoms with Crippen LogP contribution < -0.4 is 0 Å². The monoisotopic (exact) mass is 138 g/mol. The number of hydrogen-bond acceptors (Lipinski definition) is 1. The van der Waals surface area contributed by atoms with Gasteiger partial charge in [0.05, 0.1) is 6.10 Å². The molecule has 10 heavy (non-hydrogen) atoms. The first-order chi connectivity index (χ1) is 4.66. The van der Waals surface area contributed by atoms with Crippen LogP contribution in [0, 0.1) is 11.8 Å². The van der Waals surface area contributed by atoms with Gasteiger partial charge in [-0.25, -0.2) is 0 Å². The van der Waals surface area contributed by atoms with E-state index < -0.39 is 0 Å². The third-order valence-corrected chi connectivity index (χ3v) is 2.67. The van der Waals surface area contributed by atoms with Crippen LogP contribution in [0.25, 0.3) is 0 Å². The molecular weight excluding hydrogens is 123 g/mol.